The molecular formula is C37H70NO12P. The van der Waals surface area contributed by atoms with Crippen LogP contribution in [0.4, 0.5) is 0 Å². The van der Waals surface area contributed by atoms with Gasteiger partial charge in [-0.1, -0.05) is 66.2 Å². The molecule has 51 heavy (non-hydrogen) atoms. The molecule has 0 aromatic rings. The van der Waals surface area contributed by atoms with Crippen LogP contribution in [0.5, 0.6) is 0 Å². The standard InChI is InChI=1S/C37H70NO12P/c1-31(2)19-15-17-26-45-34(39)21-11-7-8-13-23-36(41)47-29-33(30-49-51(43,44)48-28-25-38(5)6)50-37(42)24-14-10-9-12-22-35(40)46-27-18-16-20-32(3)4/h31-33H,7-30H2,1-6H3,(H,43,44). The van der Waals surface area contributed by atoms with Gasteiger partial charge in [-0.15, -0.1) is 0 Å². The van der Waals surface area contributed by atoms with E-state index in [4.69, 9.17) is 28.0 Å². The first-order chi connectivity index (χ1) is 24.2. The molecule has 0 aromatic heterocycles. The zero-order valence-electron chi connectivity index (χ0n) is 32.5. The number of carbonyl (C=O) groups is 4. The fourth-order valence-electron chi connectivity index (χ4n) is 4.78. The molecule has 0 bridgehead atoms. The molecule has 0 saturated carbocycles. The summed E-state index contributed by atoms with van der Waals surface area (Å²) in [5, 5.41) is 0. The SMILES string of the molecule is CC(C)CCCCOC(=O)CCCCCCC(=O)OCC(COP(=O)(O)OCCN(C)C)OC(=O)CCCCCCC(=O)OCCCCC(C)C. The second-order valence-electron chi connectivity index (χ2n) is 14.2. The van der Waals surface area contributed by atoms with Crippen LogP contribution >= 0.6 is 7.82 Å². The van der Waals surface area contributed by atoms with Crippen molar-refractivity contribution in [1.82, 2.24) is 4.90 Å². The van der Waals surface area contributed by atoms with Gasteiger partial charge in [-0.25, -0.2) is 4.57 Å². The van der Waals surface area contributed by atoms with Gasteiger partial charge in [0.05, 0.1) is 26.4 Å². The minimum absolute atomic E-state index is 0.0458. The number of esters is 4. The van der Waals surface area contributed by atoms with E-state index < -0.39 is 32.5 Å². The van der Waals surface area contributed by atoms with Crippen LogP contribution in [-0.4, -0.2) is 93.4 Å². The molecule has 0 rings (SSSR count). The van der Waals surface area contributed by atoms with Crippen LogP contribution in [0.3, 0.4) is 0 Å². The molecule has 0 amide bonds. The van der Waals surface area contributed by atoms with Crippen LogP contribution < -0.4 is 0 Å². The van der Waals surface area contributed by atoms with Gasteiger partial charge in [0.2, 0.25) is 0 Å². The Bertz CT molecular complexity index is 975. The predicted octanol–water partition coefficient (Wildman–Crippen LogP) is 7.56. The Morgan fingerprint density at radius 1 is 0.549 bits per heavy atom. The number of carbonyl (C=O) groups excluding carboxylic acids is 4. The number of ether oxygens (including phenoxy) is 4. The van der Waals surface area contributed by atoms with E-state index in [0.29, 0.717) is 76.5 Å². The molecular weight excluding hydrogens is 681 g/mol. The maximum absolute atomic E-state index is 12.6. The van der Waals surface area contributed by atoms with E-state index in [1.54, 1.807) is 19.0 Å². The van der Waals surface area contributed by atoms with E-state index in [1.807, 2.05) is 0 Å². The van der Waals surface area contributed by atoms with Crippen LogP contribution in [-0.2, 0) is 51.7 Å². The molecule has 1 N–H and O–H groups in total. The van der Waals surface area contributed by atoms with Gasteiger partial charge in [0.15, 0.2) is 6.10 Å². The molecule has 0 heterocycles. The molecule has 0 aliphatic rings. The third-order valence-corrected chi connectivity index (χ3v) is 8.83. The highest BCUT2D eigenvalue weighted by Gasteiger charge is 2.26. The summed E-state index contributed by atoms with van der Waals surface area (Å²) in [6.07, 6.45) is 11.3. The Morgan fingerprint density at radius 3 is 1.41 bits per heavy atom. The van der Waals surface area contributed by atoms with Gasteiger partial charge in [0.1, 0.15) is 6.61 Å². The maximum Gasteiger partial charge on any atom is 0.472 e. The Hall–Kier alpha value is -2.05. The van der Waals surface area contributed by atoms with Crippen molar-refractivity contribution >= 4 is 31.7 Å². The van der Waals surface area contributed by atoms with Crippen LogP contribution in [0.15, 0.2) is 0 Å². The second-order valence-corrected chi connectivity index (χ2v) is 15.7. The Balaban J connectivity index is 4.47. The van der Waals surface area contributed by atoms with Gasteiger partial charge >= 0.3 is 31.7 Å². The van der Waals surface area contributed by atoms with E-state index in [2.05, 4.69) is 27.7 Å². The summed E-state index contributed by atoms with van der Waals surface area (Å²) in [4.78, 5) is 60.5. The number of likely N-dealkylation sites (N-methyl/N-ethyl adjacent to an activating group) is 1. The monoisotopic (exact) mass is 751 g/mol. The van der Waals surface area contributed by atoms with Crippen LogP contribution in [0.2, 0.25) is 0 Å². The molecule has 0 aliphatic carbocycles. The lowest BCUT2D eigenvalue weighted by atomic mass is 10.1. The van der Waals surface area contributed by atoms with Crippen molar-refractivity contribution in [2.24, 2.45) is 11.8 Å². The zero-order valence-corrected chi connectivity index (χ0v) is 33.4. The minimum atomic E-state index is -4.43. The molecule has 0 spiro atoms. The van der Waals surface area contributed by atoms with Gasteiger partial charge in [-0.3, -0.25) is 28.2 Å². The fraction of sp³-hybridized carbons (Fsp3) is 0.892. The number of phosphoric acid groups is 1. The second kappa shape index (κ2) is 31.5. The van der Waals surface area contributed by atoms with Crippen molar-refractivity contribution in [3.05, 3.63) is 0 Å². The van der Waals surface area contributed by atoms with Crippen LogP contribution in [0, 0.1) is 11.8 Å². The molecule has 0 aliphatic heterocycles. The molecule has 0 aromatic carbocycles. The van der Waals surface area contributed by atoms with Gasteiger partial charge in [0.25, 0.3) is 0 Å². The van der Waals surface area contributed by atoms with Crippen molar-refractivity contribution < 1.29 is 56.6 Å². The molecule has 0 saturated heterocycles. The molecule has 13 nitrogen and oxygen atoms in total. The van der Waals surface area contributed by atoms with Gasteiger partial charge in [-0.05, 0) is 77.3 Å². The summed E-state index contributed by atoms with van der Waals surface area (Å²) in [5.74, 6) is -0.174. The van der Waals surface area contributed by atoms with E-state index in [0.717, 1.165) is 57.8 Å². The number of hydrogen-bond acceptors (Lipinski definition) is 12. The quantitative estimate of drug-likeness (QED) is 0.0297. The summed E-state index contributed by atoms with van der Waals surface area (Å²) in [6, 6.07) is 0. The first-order valence-corrected chi connectivity index (χ1v) is 20.6. The maximum atomic E-state index is 12.6. The summed E-state index contributed by atoms with van der Waals surface area (Å²) in [7, 11) is -0.857. The lowest BCUT2D eigenvalue weighted by Gasteiger charge is -2.20. The predicted molar refractivity (Wildman–Crippen MR) is 196 cm³/mol. The molecule has 300 valence electrons. The molecule has 2 unspecified atom stereocenters. The van der Waals surface area contributed by atoms with Crippen molar-refractivity contribution in [1.29, 1.82) is 0 Å². The van der Waals surface area contributed by atoms with Crippen LogP contribution in [0.1, 0.15) is 143 Å². The fourth-order valence-corrected chi connectivity index (χ4v) is 5.52. The average Bonchev–Trinajstić information content (AvgIpc) is 3.04. The number of phosphoric ester groups is 1. The highest BCUT2D eigenvalue weighted by atomic mass is 31.2. The third kappa shape index (κ3) is 34.8. The zero-order chi connectivity index (χ0) is 38.3. The Kier molecular flexibility index (Phi) is 30.2. The molecule has 14 heteroatoms. The highest BCUT2D eigenvalue weighted by Crippen LogP contribution is 2.43. The summed E-state index contributed by atoms with van der Waals surface area (Å²) < 4.78 is 43.6. The third-order valence-electron chi connectivity index (χ3n) is 7.85. The van der Waals surface area contributed by atoms with E-state index >= 15 is 0 Å². The Morgan fingerprint density at radius 2 is 0.980 bits per heavy atom. The first kappa shape index (κ1) is 49.0. The molecule has 0 radical (unpaired) electrons. The average molecular weight is 752 g/mol. The summed E-state index contributed by atoms with van der Waals surface area (Å²) in [6.45, 7) is 9.09. The lowest BCUT2D eigenvalue weighted by Crippen LogP contribution is -2.29. The van der Waals surface area contributed by atoms with E-state index in [9.17, 15) is 28.6 Å². The molecule has 0 fully saturated rings. The topological polar surface area (TPSA) is 164 Å². The number of hydrogen-bond donors (Lipinski definition) is 1. The van der Waals surface area contributed by atoms with Crippen molar-refractivity contribution in [2.45, 2.75) is 149 Å². The van der Waals surface area contributed by atoms with Crippen molar-refractivity contribution in [3.63, 3.8) is 0 Å². The smallest absolute Gasteiger partial charge is 0.466 e. The van der Waals surface area contributed by atoms with Crippen molar-refractivity contribution in [2.75, 3.05) is 53.7 Å². The first-order valence-electron chi connectivity index (χ1n) is 19.1. The van der Waals surface area contributed by atoms with Gasteiger partial charge in [-0.2, -0.15) is 0 Å². The lowest BCUT2D eigenvalue weighted by molar-refractivity contribution is -0.161. The minimum Gasteiger partial charge on any atom is -0.466 e. The van der Waals surface area contributed by atoms with Gasteiger partial charge in [0, 0.05) is 32.2 Å². The van der Waals surface area contributed by atoms with Crippen molar-refractivity contribution in [3.8, 4) is 0 Å². The number of rotatable bonds is 34. The van der Waals surface area contributed by atoms with E-state index in [1.165, 1.54) is 0 Å². The summed E-state index contributed by atoms with van der Waals surface area (Å²) >= 11 is 0. The van der Waals surface area contributed by atoms with Crippen LogP contribution in [0.25, 0.3) is 0 Å². The highest BCUT2D eigenvalue weighted by molar-refractivity contribution is 7.47. The normalized spacial score (nSPS) is 13.3. The van der Waals surface area contributed by atoms with E-state index in [-0.39, 0.29) is 38.0 Å². The Labute approximate surface area is 307 Å². The largest absolute Gasteiger partial charge is 0.472 e. The van der Waals surface area contributed by atoms with Gasteiger partial charge < -0.3 is 28.7 Å². The number of nitrogens with zero attached hydrogens (tertiary/aromatic N) is 1. The summed E-state index contributed by atoms with van der Waals surface area (Å²) in [5.41, 5.74) is 0. The number of unbranched alkanes of at least 4 members (excludes halogenated alkanes) is 8. The molecule has 2 atom stereocenters.